The Morgan fingerprint density at radius 2 is 2.35 bits per heavy atom. The van der Waals surface area contributed by atoms with E-state index in [1.54, 1.807) is 0 Å². The molecule has 1 aliphatic heterocycles. The van der Waals surface area contributed by atoms with E-state index in [1.165, 1.54) is 0 Å². The molecule has 1 aromatic rings. The van der Waals surface area contributed by atoms with Crippen LogP contribution in [0.5, 0.6) is 5.75 Å². The summed E-state index contributed by atoms with van der Waals surface area (Å²) in [6.07, 6.45) is -0.182. The van der Waals surface area contributed by atoms with Crippen molar-refractivity contribution in [1.82, 2.24) is 5.32 Å². The monoisotopic (exact) mass is 237 g/mol. The molecule has 0 fully saturated rings. The average molecular weight is 237 g/mol. The highest BCUT2D eigenvalue weighted by Gasteiger charge is 2.17. The summed E-state index contributed by atoms with van der Waals surface area (Å²) < 4.78 is 17.5. The molecular formula is C12H16FN3O. The fourth-order valence-corrected chi connectivity index (χ4v) is 1.64. The topological polar surface area (TPSA) is 59.6 Å². The van der Waals surface area contributed by atoms with E-state index in [0.717, 1.165) is 17.0 Å². The van der Waals surface area contributed by atoms with Crippen LogP contribution in [-0.4, -0.2) is 25.2 Å². The van der Waals surface area contributed by atoms with Crippen molar-refractivity contribution in [3.05, 3.63) is 23.8 Å². The number of amidine groups is 1. The summed E-state index contributed by atoms with van der Waals surface area (Å²) in [5.74, 6) is 1.22. The molecule has 1 atom stereocenters. The Labute approximate surface area is 99.7 Å². The van der Waals surface area contributed by atoms with Gasteiger partial charge in [-0.25, -0.2) is 9.38 Å². The van der Waals surface area contributed by atoms with E-state index in [9.17, 15) is 4.39 Å². The zero-order valence-corrected chi connectivity index (χ0v) is 9.74. The van der Waals surface area contributed by atoms with Crippen LogP contribution in [0.2, 0.25) is 0 Å². The summed E-state index contributed by atoms with van der Waals surface area (Å²) in [5, 5.41) is 2.98. The van der Waals surface area contributed by atoms with Crippen LogP contribution in [0.4, 0.5) is 10.1 Å². The Morgan fingerprint density at radius 1 is 1.53 bits per heavy atom. The first kappa shape index (κ1) is 11.9. The van der Waals surface area contributed by atoms with E-state index >= 15 is 0 Å². The molecule has 17 heavy (non-hydrogen) atoms. The van der Waals surface area contributed by atoms with Gasteiger partial charge in [0, 0.05) is 13.1 Å². The van der Waals surface area contributed by atoms with Gasteiger partial charge in [0.25, 0.3) is 0 Å². The van der Waals surface area contributed by atoms with Gasteiger partial charge in [-0.1, -0.05) is 6.07 Å². The fraction of sp³-hybridized carbons (Fsp3) is 0.417. The summed E-state index contributed by atoms with van der Waals surface area (Å²) in [6.45, 7) is 2.47. The second kappa shape index (κ2) is 5.14. The maximum atomic E-state index is 11.9. The molecule has 1 aliphatic rings. The van der Waals surface area contributed by atoms with E-state index in [1.807, 2.05) is 25.1 Å². The molecule has 0 aromatic heterocycles. The van der Waals surface area contributed by atoms with Crippen LogP contribution in [0.1, 0.15) is 12.5 Å². The third-order valence-corrected chi connectivity index (χ3v) is 2.59. The normalized spacial score (nSPS) is 18.2. The molecule has 92 valence electrons. The number of hydrogen-bond acceptors (Lipinski definition) is 4. The van der Waals surface area contributed by atoms with E-state index in [0.29, 0.717) is 18.9 Å². The van der Waals surface area contributed by atoms with Gasteiger partial charge in [-0.2, -0.15) is 0 Å². The van der Waals surface area contributed by atoms with Gasteiger partial charge in [0.2, 0.25) is 0 Å². The predicted molar refractivity (Wildman–Crippen MR) is 65.5 cm³/mol. The van der Waals surface area contributed by atoms with Crippen molar-refractivity contribution in [1.29, 1.82) is 0 Å². The molecule has 0 bridgehead atoms. The number of fused-ring (bicyclic) bond motifs is 1. The highest BCUT2D eigenvalue weighted by Crippen LogP contribution is 2.32. The van der Waals surface area contributed by atoms with Gasteiger partial charge >= 0.3 is 0 Å². The zero-order chi connectivity index (χ0) is 12.3. The number of nitrogens with one attached hydrogen (secondary N) is 1. The molecule has 2 rings (SSSR count). The molecule has 0 amide bonds. The van der Waals surface area contributed by atoms with Crippen LogP contribution in [0.3, 0.4) is 0 Å². The first-order valence-corrected chi connectivity index (χ1v) is 5.61. The lowest BCUT2D eigenvalue weighted by atomic mass is 10.1. The van der Waals surface area contributed by atoms with E-state index in [2.05, 4.69) is 10.3 Å². The number of halogens is 1. The Bertz CT molecular complexity index is 434. The van der Waals surface area contributed by atoms with Crippen molar-refractivity contribution in [3.8, 4) is 5.75 Å². The highest BCUT2D eigenvalue weighted by molar-refractivity contribution is 5.89. The van der Waals surface area contributed by atoms with Gasteiger partial charge in [-0.3, -0.25) is 0 Å². The minimum absolute atomic E-state index is 0.182. The van der Waals surface area contributed by atoms with Crippen molar-refractivity contribution in [2.45, 2.75) is 19.6 Å². The second-order valence-corrected chi connectivity index (χ2v) is 3.96. The second-order valence-electron chi connectivity index (χ2n) is 3.96. The molecule has 0 radical (unpaired) electrons. The lowest BCUT2D eigenvalue weighted by molar-refractivity contribution is 0.281. The predicted octanol–water partition coefficient (Wildman–Crippen LogP) is 1.52. The van der Waals surface area contributed by atoms with Crippen LogP contribution in [-0.2, 0) is 6.54 Å². The number of aliphatic imine (C=N–C) groups is 1. The summed E-state index contributed by atoms with van der Waals surface area (Å²) in [7, 11) is 0. The maximum Gasteiger partial charge on any atom is 0.153 e. The smallest absolute Gasteiger partial charge is 0.153 e. The van der Waals surface area contributed by atoms with Gasteiger partial charge in [-0.15, -0.1) is 0 Å². The van der Waals surface area contributed by atoms with Crippen molar-refractivity contribution >= 4 is 11.5 Å². The highest BCUT2D eigenvalue weighted by atomic mass is 19.1. The van der Waals surface area contributed by atoms with Crippen LogP contribution >= 0.6 is 0 Å². The first-order chi connectivity index (χ1) is 8.20. The third-order valence-electron chi connectivity index (χ3n) is 2.59. The lowest BCUT2D eigenvalue weighted by Crippen LogP contribution is -2.33. The molecule has 0 aliphatic carbocycles. The van der Waals surface area contributed by atoms with E-state index in [-0.39, 0.29) is 12.8 Å². The fourth-order valence-electron chi connectivity index (χ4n) is 1.64. The largest absolute Gasteiger partial charge is 0.481 e. The minimum atomic E-state index is -0.364. The molecule has 0 saturated heterocycles. The van der Waals surface area contributed by atoms with Crippen LogP contribution < -0.4 is 15.8 Å². The number of alkyl halides is 1. The van der Waals surface area contributed by atoms with E-state index < -0.39 is 0 Å². The number of benzene rings is 1. The Kier molecular flexibility index (Phi) is 3.58. The van der Waals surface area contributed by atoms with Crippen LogP contribution in [0.15, 0.2) is 23.2 Å². The molecule has 0 unspecified atom stereocenters. The van der Waals surface area contributed by atoms with Gasteiger partial charge in [0.05, 0.1) is 0 Å². The minimum Gasteiger partial charge on any atom is -0.481 e. The molecule has 0 saturated carbocycles. The van der Waals surface area contributed by atoms with Crippen molar-refractivity contribution < 1.29 is 9.13 Å². The van der Waals surface area contributed by atoms with Gasteiger partial charge in [0.15, 0.2) is 6.10 Å². The standard InChI is InChI=1S/C12H16FN3O/c1-8-12(14)16-10-6-9(7-15-5-4-13)2-3-11(10)17-8/h2-3,6,8,15H,4-5,7H2,1H3,(H2,14,16)/t8-/m1/s1. The quantitative estimate of drug-likeness (QED) is 0.780. The maximum absolute atomic E-state index is 11.9. The summed E-state index contributed by atoms with van der Waals surface area (Å²) in [5.41, 5.74) is 7.50. The van der Waals surface area contributed by atoms with Gasteiger partial charge < -0.3 is 15.8 Å². The SMILES string of the molecule is C[C@H]1Oc2ccc(CNCCF)cc2N=C1N. The Balaban J connectivity index is 2.13. The first-order valence-electron chi connectivity index (χ1n) is 5.61. The summed E-state index contributed by atoms with van der Waals surface area (Å²) in [4.78, 5) is 4.28. The van der Waals surface area contributed by atoms with Crippen molar-refractivity contribution in [2.24, 2.45) is 10.7 Å². The number of hydrogen-bond donors (Lipinski definition) is 2. The number of nitrogens with zero attached hydrogens (tertiary/aromatic N) is 1. The molecule has 1 aromatic carbocycles. The summed E-state index contributed by atoms with van der Waals surface area (Å²) >= 11 is 0. The summed E-state index contributed by atoms with van der Waals surface area (Å²) in [6, 6.07) is 5.71. The Morgan fingerprint density at radius 3 is 3.12 bits per heavy atom. The third kappa shape index (κ3) is 2.74. The molecule has 4 nitrogen and oxygen atoms in total. The number of rotatable bonds is 4. The molecule has 5 heteroatoms. The van der Waals surface area contributed by atoms with Crippen molar-refractivity contribution in [2.75, 3.05) is 13.2 Å². The number of ether oxygens (including phenoxy) is 1. The molecular weight excluding hydrogens is 221 g/mol. The molecule has 3 N–H and O–H groups in total. The van der Waals surface area contributed by atoms with Crippen molar-refractivity contribution in [3.63, 3.8) is 0 Å². The van der Waals surface area contributed by atoms with Gasteiger partial charge in [0.1, 0.15) is 23.9 Å². The zero-order valence-electron chi connectivity index (χ0n) is 9.74. The van der Waals surface area contributed by atoms with Crippen LogP contribution in [0.25, 0.3) is 0 Å². The lowest BCUT2D eigenvalue weighted by Gasteiger charge is -2.21. The number of nitrogens with two attached hydrogens (primary N) is 1. The Hall–Kier alpha value is -1.62. The molecule has 0 spiro atoms. The van der Waals surface area contributed by atoms with Gasteiger partial charge in [-0.05, 0) is 24.6 Å². The molecule has 1 heterocycles. The average Bonchev–Trinajstić information content (AvgIpc) is 2.31. The van der Waals surface area contributed by atoms with Crippen LogP contribution in [0, 0.1) is 0 Å². The van der Waals surface area contributed by atoms with E-state index in [4.69, 9.17) is 10.5 Å².